The van der Waals surface area contributed by atoms with Crippen molar-refractivity contribution in [2.24, 2.45) is 0 Å². The molecule has 0 radical (unpaired) electrons. The molecule has 1 N–H and O–H groups in total. The molecule has 1 fully saturated rings. The molecule has 4 aromatic carbocycles. The fraction of sp³-hybridized carbons (Fsp3) is 0.200. The van der Waals surface area contributed by atoms with E-state index in [1.165, 1.54) is 29.3 Å². The fourth-order valence-corrected chi connectivity index (χ4v) is 6.01. The van der Waals surface area contributed by atoms with Crippen LogP contribution in [0.25, 0.3) is 11.1 Å². The highest BCUT2D eigenvalue weighted by Crippen LogP contribution is 2.27. The number of rotatable bonds is 9. The number of nitro benzene ring substituents is 1. The minimum absolute atomic E-state index is 0.0894. The van der Waals surface area contributed by atoms with Gasteiger partial charge < -0.3 is 4.90 Å². The molecular weight excluding hydrogens is 548 g/mol. The van der Waals surface area contributed by atoms with Gasteiger partial charge in [0, 0.05) is 62.1 Å². The van der Waals surface area contributed by atoms with Gasteiger partial charge in [0.15, 0.2) is 0 Å². The lowest BCUT2D eigenvalue weighted by Crippen LogP contribution is -2.46. The molecule has 0 aliphatic carbocycles. The van der Waals surface area contributed by atoms with Gasteiger partial charge in [0.1, 0.15) is 0 Å². The van der Waals surface area contributed by atoms with Gasteiger partial charge in [-0.15, -0.1) is 0 Å². The predicted molar refractivity (Wildman–Crippen MR) is 158 cm³/mol. The van der Waals surface area contributed by atoms with E-state index in [-0.39, 0.29) is 17.1 Å². The zero-order valence-corrected chi connectivity index (χ0v) is 23.3. The zero-order valence-electron chi connectivity index (χ0n) is 21.7. The average Bonchev–Trinajstić information content (AvgIpc) is 2.98. The summed E-state index contributed by atoms with van der Waals surface area (Å²) in [6.07, 6.45) is 0. The van der Waals surface area contributed by atoms with Crippen molar-refractivity contribution in [2.45, 2.75) is 18.0 Å². The normalized spacial score (nSPS) is 14.3. The summed E-state index contributed by atoms with van der Waals surface area (Å²) in [6, 6.07) is 29.3. The quantitative estimate of drug-likeness (QED) is 0.202. The van der Waals surface area contributed by atoms with Crippen LogP contribution in [0.3, 0.4) is 0 Å². The maximum atomic E-state index is 12.6. The molecule has 1 aliphatic rings. The van der Waals surface area contributed by atoms with Crippen molar-refractivity contribution >= 4 is 33.0 Å². The van der Waals surface area contributed by atoms with Crippen molar-refractivity contribution in [3.63, 3.8) is 0 Å². The molecule has 206 valence electrons. The van der Waals surface area contributed by atoms with E-state index in [9.17, 15) is 18.5 Å². The summed E-state index contributed by atoms with van der Waals surface area (Å²) in [5.74, 6) is 0. The summed E-state index contributed by atoms with van der Waals surface area (Å²) in [5, 5.41) is 11.7. The van der Waals surface area contributed by atoms with Crippen LogP contribution in [0.2, 0.25) is 5.02 Å². The van der Waals surface area contributed by atoms with Gasteiger partial charge in [0.05, 0.1) is 9.82 Å². The summed E-state index contributed by atoms with van der Waals surface area (Å²) in [7, 11) is -3.88. The third-order valence-corrected chi connectivity index (χ3v) is 8.70. The number of non-ortho nitro benzene ring substituents is 1. The van der Waals surface area contributed by atoms with E-state index in [0.717, 1.165) is 60.6 Å². The van der Waals surface area contributed by atoms with Crippen LogP contribution in [0.4, 0.5) is 11.4 Å². The van der Waals surface area contributed by atoms with Crippen molar-refractivity contribution in [1.29, 1.82) is 0 Å². The first kappa shape index (κ1) is 27.8. The smallest absolute Gasteiger partial charge is 0.270 e. The van der Waals surface area contributed by atoms with Gasteiger partial charge in [-0.05, 0) is 52.6 Å². The molecule has 4 aromatic rings. The number of hydrogen-bond donors (Lipinski definition) is 1. The van der Waals surface area contributed by atoms with E-state index in [2.05, 4.69) is 50.9 Å². The van der Waals surface area contributed by atoms with E-state index in [4.69, 9.17) is 11.6 Å². The van der Waals surface area contributed by atoms with Crippen molar-refractivity contribution in [2.75, 3.05) is 31.1 Å². The predicted octanol–water partition coefficient (Wildman–Crippen LogP) is 5.72. The standard InChI is InChI=1S/C30H29ClN4O4S/c31-26-12-10-24(11-13-26)30-7-2-1-4-25(30)22-33-16-18-34(19-17-33)27-14-8-23(9-15-27)21-32-40(38,39)29-6-3-5-28(20-29)35(36)37/h1-15,20,32H,16-19,21-22H2. The molecule has 8 nitrogen and oxygen atoms in total. The lowest BCUT2D eigenvalue weighted by molar-refractivity contribution is -0.385. The first-order valence-electron chi connectivity index (χ1n) is 12.9. The molecule has 10 heteroatoms. The molecule has 1 aliphatic heterocycles. The molecule has 0 amide bonds. The van der Waals surface area contributed by atoms with Gasteiger partial charge in [0.2, 0.25) is 10.0 Å². The molecule has 0 aromatic heterocycles. The van der Waals surface area contributed by atoms with Gasteiger partial charge in [-0.3, -0.25) is 15.0 Å². The molecule has 40 heavy (non-hydrogen) atoms. The lowest BCUT2D eigenvalue weighted by atomic mass is 9.99. The summed E-state index contributed by atoms with van der Waals surface area (Å²) >= 11 is 6.08. The van der Waals surface area contributed by atoms with Crippen molar-refractivity contribution in [3.8, 4) is 11.1 Å². The number of halogens is 1. The van der Waals surface area contributed by atoms with Crippen molar-refractivity contribution < 1.29 is 13.3 Å². The van der Waals surface area contributed by atoms with E-state index >= 15 is 0 Å². The van der Waals surface area contributed by atoms with Crippen LogP contribution in [0, 0.1) is 10.1 Å². The number of nitrogens with zero attached hydrogens (tertiary/aromatic N) is 3. The third kappa shape index (κ3) is 6.68. The fourth-order valence-electron chi connectivity index (χ4n) is 4.82. The highest BCUT2D eigenvalue weighted by atomic mass is 35.5. The summed E-state index contributed by atoms with van der Waals surface area (Å²) in [4.78, 5) is 15.0. The topological polar surface area (TPSA) is 95.8 Å². The van der Waals surface area contributed by atoms with Crippen LogP contribution < -0.4 is 9.62 Å². The Kier molecular flexibility index (Phi) is 8.46. The SMILES string of the molecule is O=[N+]([O-])c1cccc(S(=O)(=O)NCc2ccc(N3CCN(Cc4ccccc4-c4ccc(Cl)cc4)CC3)cc2)c1. The lowest BCUT2D eigenvalue weighted by Gasteiger charge is -2.36. The van der Waals surface area contributed by atoms with Crippen LogP contribution in [-0.4, -0.2) is 44.4 Å². The van der Waals surface area contributed by atoms with Crippen LogP contribution in [-0.2, 0) is 23.1 Å². The Bertz CT molecular complexity index is 1590. The average molecular weight is 577 g/mol. The van der Waals surface area contributed by atoms with Gasteiger partial charge in [-0.25, -0.2) is 13.1 Å². The molecule has 0 bridgehead atoms. The Morgan fingerprint density at radius 1 is 0.850 bits per heavy atom. The number of nitro groups is 1. The van der Waals surface area contributed by atoms with Gasteiger partial charge >= 0.3 is 0 Å². The first-order valence-corrected chi connectivity index (χ1v) is 14.8. The second-order valence-corrected chi connectivity index (χ2v) is 11.9. The zero-order chi connectivity index (χ0) is 28.1. The van der Waals surface area contributed by atoms with E-state index in [1.807, 2.05) is 36.4 Å². The number of hydrogen-bond acceptors (Lipinski definition) is 6. The van der Waals surface area contributed by atoms with Crippen LogP contribution in [0.5, 0.6) is 0 Å². The van der Waals surface area contributed by atoms with Gasteiger partial charge in [-0.2, -0.15) is 0 Å². The highest BCUT2D eigenvalue weighted by Gasteiger charge is 2.20. The van der Waals surface area contributed by atoms with Crippen molar-refractivity contribution in [1.82, 2.24) is 9.62 Å². The Balaban J connectivity index is 1.16. The first-order chi connectivity index (χ1) is 19.3. The molecule has 0 saturated carbocycles. The monoisotopic (exact) mass is 576 g/mol. The summed E-state index contributed by atoms with van der Waals surface area (Å²) in [6.45, 7) is 4.60. The maximum absolute atomic E-state index is 12.6. The molecular formula is C30H29ClN4O4S. The Hall–Kier alpha value is -3.76. The van der Waals surface area contributed by atoms with Crippen LogP contribution >= 0.6 is 11.6 Å². The molecule has 5 rings (SSSR count). The maximum Gasteiger partial charge on any atom is 0.270 e. The summed E-state index contributed by atoms with van der Waals surface area (Å²) in [5.41, 5.74) is 5.29. The molecule has 0 unspecified atom stereocenters. The highest BCUT2D eigenvalue weighted by molar-refractivity contribution is 7.89. The van der Waals surface area contributed by atoms with Crippen LogP contribution in [0.15, 0.2) is 102 Å². The Morgan fingerprint density at radius 3 is 2.25 bits per heavy atom. The number of nitrogens with one attached hydrogen (secondary N) is 1. The van der Waals surface area contributed by atoms with Crippen LogP contribution in [0.1, 0.15) is 11.1 Å². The van der Waals surface area contributed by atoms with E-state index in [1.54, 1.807) is 0 Å². The third-order valence-electron chi connectivity index (χ3n) is 7.05. The molecule has 0 spiro atoms. The number of sulfonamides is 1. The second kappa shape index (κ2) is 12.2. The Labute approximate surface area is 239 Å². The number of benzene rings is 4. The minimum Gasteiger partial charge on any atom is -0.369 e. The minimum atomic E-state index is -3.88. The number of piperazine rings is 1. The molecule has 1 saturated heterocycles. The molecule has 1 heterocycles. The van der Waals surface area contributed by atoms with E-state index < -0.39 is 14.9 Å². The van der Waals surface area contributed by atoms with Gasteiger partial charge in [0.25, 0.3) is 5.69 Å². The van der Waals surface area contributed by atoms with Crippen molar-refractivity contribution in [3.05, 3.63) is 123 Å². The second-order valence-electron chi connectivity index (χ2n) is 9.67. The van der Waals surface area contributed by atoms with E-state index in [0.29, 0.717) is 0 Å². The summed E-state index contributed by atoms with van der Waals surface area (Å²) < 4.78 is 27.8. The number of anilines is 1. The molecule has 0 atom stereocenters. The Morgan fingerprint density at radius 2 is 1.55 bits per heavy atom. The largest absolute Gasteiger partial charge is 0.369 e. The van der Waals surface area contributed by atoms with Gasteiger partial charge in [-0.1, -0.05) is 66.2 Å².